The minimum absolute atomic E-state index is 0.824. The summed E-state index contributed by atoms with van der Waals surface area (Å²) >= 11 is 0. The summed E-state index contributed by atoms with van der Waals surface area (Å²) < 4.78 is 0. The highest BCUT2D eigenvalue weighted by Crippen LogP contribution is 2.37. The van der Waals surface area contributed by atoms with Gasteiger partial charge >= 0.3 is 0 Å². The van der Waals surface area contributed by atoms with E-state index in [4.69, 9.17) is 0 Å². The standard InChI is InChI=1S/C17H29N.C11H20/c1-14(2)8-6-9-15(3)18-13-7-11-16-10-4-5-12-17(16)18;1-4-5-11-7-6-9(2)8-10(11)3/h16-17H,1,3-13H2,2H3;10-11H,2,4-8H2,1,3H3. The van der Waals surface area contributed by atoms with Crippen LogP contribution in [0.3, 0.4) is 0 Å². The average Bonchev–Trinajstić information content (AvgIpc) is 2.70. The number of allylic oxidation sites excluding steroid dienone is 3. The molecule has 4 atom stereocenters. The second-order valence-electron chi connectivity index (χ2n) is 10.3. The van der Waals surface area contributed by atoms with E-state index in [9.17, 15) is 0 Å². The quantitative estimate of drug-likeness (QED) is 0.387. The van der Waals surface area contributed by atoms with Crippen molar-refractivity contribution in [3.05, 3.63) is 36.6 Å². The lowest BCUT2D eigenvalue weighted by molar-refractivity contribution is 0.0872. The zero-order valence-electron chi connectivity index (χ0n) is 20.0. The molecule has 0 bridgehead atoms. The van der Waals surface area contributed by atoms with Crippen LogP contribution in [0.2, 0.25) is 0 Å². The van der Waals surface area contributed by atoms with Gasteiger partial charge in [0.15, 0.2) is 0 Å². The molecule has 2 saturated carbocycles. The van der Waals surface area contributed by atoms with Gasteiger partial charge in [-0.15, -0.1) is 6.58 Å². The molecule has 3 rings (SSSR count). The third-order valence-corrected chi connectivity index (χ3v) is 7.66. The van der Waals surface area contributed by atoms with Crippen LogP contribution in [0.25, 0.3) is 0 Å². The molecule has 1 saturated heterocycles. The second kappa shape index (κ2) is 12.7. The van der Waals surface area contributed by atoms with Gasteiger partial charge in [0, 0.05) is 18.3 Å². The Labute approximate surface area is 182 Å². The van der Waals surface area contributed by atoms with E-state index in [0.717, 1.165) is 36.6 Å². The van der Waals surface area contributed by atoms with Crippen molar-refractivity contribution in [1.29, 1.82) is 0 Å². The van der Waals surface area contributed by atoms with Gasteiger partial charge in [0.25, 0.3) is 0 Å². The molecule has 0 aromatic rings. The van der Waals surface area contributed by atoms with Crippen LogP contribution in [-0.2, 0) is 0 Å². The number of hydrogen-bond donors (Lipinski definition) is 0. The maximum atomic E-state index is 4.36. The van der Waals surface area contributed by atoms with Crippen molar-refractivity contribution in [3.63, 3.8) is 0 Å². The van der Waals surface area contributed by atoms with Crippen LogP contribution in [-0.4, -0.2) is 17.5 Å². The summed E-state index contributed by atoms with van der Waals surface area (Å²) in [6, 6.07) is 0.824. The third-order valence-electron chi connectivity index (χ3n) is 7.66. The molecule has 1 heteroatoms. The van der Waals surface area contributed by atoms with Crippen LogP contribution < -0.4 is 0 Å². The molecule has 2 aliphatic carbocycles. The van der Waals surface area contributed by atoms with Crippen molar-refractivity contribution in [2.75, 3.05) is 6.54 Å². The molecule has 0 radical (unpaired) electrons. The number of piperidine rings is 1. The largest absolute Gasteiger partial charge is 0.372 e. The van der Waals surface area contributed by atoms with Crippen LogP contribution in [0.5, 0.6) is 0 Å². The molecule has 1 nitrogen and oxygen atoms in total. The van der Waals surface area contributed by atoms with Crippen molar-refractivity contribution >= 4 is 0 Å². The molecule has 0 aromatic carbocycles. The highest BCUT2D eigenvalue weighted by Gasteiger charge is 2.33. The van der Waals surface area contributed by atoms with E-state index in [2.05, 4.69) is 45.4 Å². The molecule has 0 spiro atoms. The lowest BCUT2D eigenvalue weighted by atomic mass is 9.76. The van der Waals surface area contributed by atoms with Crippen molar-refractivity contribution in [3.8, 4) is 0 Å². The molecule has 166 valence electrons. The predicted octanol–water partition coefficient (Wildman–Crippen LogP) is 8.68. The molecule has 1 heterocycles. The second-order valence-corrected chi connectivity index (χ2v) is 10.3. The maximum absolute atomic E-state index is 4.36. The Balaban J connectivity index is 0.000000234. The Morgan fingerprint density at radius 2 is 1.76 bits per heavy atom. The zero-order valence-corrected chi connectivity index (χ0v) is 20.0. The minimum Gasteiger partial charge on any atom is -0.372 e. The van der Waals surface area contributed by atoms with E-state index in [1.165, 1.54) is 100 Å². The van der Waals surface area contributed by atoms with Crippen LogP contribution in [0, 0.1) is 17.8 Å². The monoisotopic (exact) mass is 399 g/mol. The van der Waals surface area contributed by atoms with Crippen LogP contribution in [0.4, 0.5) is 0 Å². The first-order valence-electron chi connectivity index (χ1n) is 12.7. The normalized spacial score (nSPS) is 29.5. The topological polar surface area (TPSA) is 3.24 Å². The lowest BCUT2D eigenvalue weighted by Crippen LogP contribution is -2.45. The Morgan fingerprint density at radius 1 is 1.03 bits per heavy atom. The summed E-state index contributed by atoms with van der Waals surface area (Å²) in [7, 11) is 0. The van der Waals surface area contributed by atoms with Gasteiger partial charge in [0.1, 0.15) is 0 Å². The molecule has 4 unspecified atom stereocenters. The van der Waals surface area contributed by atoms with Crippen molar-refractivity contribution < 1.29 is 0 Å². The number of fused-ring (bicyclic) bond motifs is 1. The van der Waals surface area contributed by atoms with Crippen LogP contribution >= 0.6 is 0 Å². The number of rotatable bonds is 7. The summed E-state index contributed by atoms with van der Waals surface area (Å²) in [5, 5.41) is 0. The Morgan fingerprint density at radius 3 is 2.45 bits per heavy atom. The van der Waals surface area contributed by atoms with Gasteiger partial charge in [0.05, 0.1) is 0 Å². The number of nitrogens with zero attached hydrogens (tertiary/aromatic N) is 1. The van der Waals surface area contributed by atoms with Crippen LogP contribution in [0.1, 0.15) is 111 Å². The van der Waals surface area contributed by atoms with E-state index in [0.29, 0.717) is 0 Å². The highest BCUT2D eigenvalue weighted by molar-refractivity contribution is 5.03. The molecule has 0 aromatic heterocycles. The van der Waals surface area contributed by atoms with Crippen molar-refractivity contribution in [1.82, 2.24) is 4.90 Å². The van der Waals surface area contributed by atoms with E-state index >= 15 is 0 Å². The summed E-state index contributed by atoms with van der Waals surface area (Å²) in [6.07, 6.45) is 18.9. The smallest absolute Gasteiger partial charge is 0.0314 e. The van der Waals surface area contributed by atoms with Gasteiger partial charge in [-0.05, 0) is 88.9 Å². The molecule has 29 heavy (non-hydrogen) atoms. The van der Waals surface area contributed by atoms with Gasteiger partial charge < -0.3 is 4.90 Å². The molecular formula is C28H49N. The average molecular weight is 400 g/mol. The Kier molecular flexibility index (Phi) is 10.6. The zero-order chi connectivity index (χ0) is 21.2. The minimum atomic E-state index is 0.824. The van der Waals surface area contributed by atoms with Gasteiger partial charge in [-0.2, -0.15) is 0 Å². The first-order valence-corrected chi connectivity index (χ1v) is 12.7. The Bertz CT molecular complexity index is 528. The highest BCUT2D eigenvalue weighted by atomic mass is 15.2. The molecule has 0 N–H and O–H groups in total. The first kappa shape index (κ1) is 24.3. The SMILES string of the molecule is C=C(C)CCCC(=C)N1CCCC2CCCCC21.C=C1CCC(CCC)C(C)C1. The fraction of sp³-hybridized carbons (Fsp3) is 0.786. The molecule has 0 amide bonds. The Hall–Kier alpha value is -0.980. The predicted molar refractivity (Wildman–Crippen MR) is 130 cm³/mol. The van der Waals surface area contributed by atoms with E-state index in [1.54, 1.807) is 0 Å². The maximum Gasteiger partial charge on any atom is 0.0314 e. The summed E-state index contributed by atoms with van der Waals surface area (Å²) in [6.45, 7) is 20.5. The van der Waals surface area contributed by atoms with E-state index in [1.807, 2.05) is 0 Å². The molecule has 3 fully saturated rings. The fourth-order valence-corrected chi connectivity index (χ4v) is 5.95. The van der Waals surface area contributed by atoms with Gasteiger partial charge in [-0.25, -0.2) is 0 Å². The molecular weight excluding hydrogens is 350 g/mol. The summed E-state index contributed by atoms with van der Waals surface area (Å²) in [4.78, 5) is 2.66. The van der Waals surface area contributed by atoms with Crippen LogP contribution in [0.15, 0.2) is 36.6 Å². The fourth-order valence-electron chi connectivity index (χ4n) is 5.95. The molecule has 1 aliphatic heterocycles. The van der Waals surface area contributed by atoms with Crippen molar-refractivity contribution in [2.45, 2.75) is 117 Å². The number of hydrogen-bond acceptors (Lipinski definition) is 1. The third kappa shape index (κ3) is 7.99. The number of likely N-dealkylation sites (tertiary alicyclic amines) is 1. The van der Waals surface area contributed by atoms with Crippen molar-refractivity contribution in [2.24, 2.45) is 17.8 Å². The first-order chi connectivity index (χ1) is 13.9. The van der Waals surface area contributed by atoms with Gasteiger partial charge in [-0.1, -0.05) is 63.8 Å². The lowest BCUT2D eigenvalue weighted by Gasteiger charge is -2.46. The van der Waals surface area contributed by atoms with E-state index < -0.39 is 0 Å². The summed E-state index contributed by atoms with van der Waals surface area (Å²) in [5.41, 5.74) is 4.18. The van der Waals surface area contributed by atoms with Gasteiger partial charge in [0.2, 0.25) is 0 Å². The van der Waals surface area contributed by atoms with E-state index in [-0.39, 0.29) is 0 Å². The summed E-state index contributed by atoms with van der Waals surface area (Å²) in [5.74, 6) is 2.85. The molecule has 3 aliphatic rings. The van der Waals surface area contributed by atoms with Gasteiger partial charge in [-0.3, -0.25) is 0 Å².